The lowest BCUT2D eigenvalue weighted by atomic mass is 10.2. The Balaban J connectivity index is 1.75. The van der Waals surface area contributed by atoms with E-state index in [1.807, 2.05) is 6.92 Å². The van der Waals surface area contributed by atoms with Crippen LogP contribution in [-0.2, 0) is 4.79 Å². The number of anilines is 1. The Morgan fingerprint density at radius 1 is 1.35 bits per heavy atom. The molecule has 0 radical (unpaired) electrons. The van der Waals surface area contributed by atoms with Crippen molar-refractivity contribution in [1.29, 1.82) is 0 Å². The lowest BCUT2D eigenvalue weighted by molar-refractivity contribution is -0.115. The summed E-state index contributed by atoms with van der Waals surface area (Å²) < 4.78 is 13.3. The number of amides is 1. The predicted octanol–water partition coefficient (Wildman–Crippen LogP) is 2.92. The van der Waals surface area contributed by atoms with E-state index < -0.39 is 5.25 Å². The highest BCUT2D eigenvalue weighted by Gasteiger charge is 2.18. The van der Waals surface area contributed by atoms with Crippen LogP contribution in [0, 0.1) is 12.7 Å². The number of aromatic amines is 1. The molecule has 1 atom stereocenters. The van der Waals surface area contributed by atoms with Crippen LogP contribution >= 0.6 is 11.8 Å². The zero-order valence-corrected chi connectivity index (χ0v) is 13.3. The first-order valence-corrected chi connectivity index (χ1v) is 7.80. The molecular weight excluding hydrogens is 317 g/mol. The van der Waals surface area contributed by atoms with Gasteiger partial charge in [0.15, 0.2) is 5.65 Å². The van der Waals surface area contributed by atoms with Crippen LogP contribution in [0.2, 0.25) is 0 Å². The van der Waals surface area contributed by atoms with Crippen molar-refractivity contribution in [2.45, 2.75) is 24.1 Å². The van der Waals surface area contributed by atoms with Crippen molar-refractivity contribution in [1.82, 2.24) is 19.9 Å². The first kappa shape index (κ1) is 15.4. The second-order valence-electron chi connectivity index (χ2n) is 4.99. The summed E-state index contributed by atoms with van der Waals surface area (Å²) >= 11 is 1.29. The molecule has 1 aromatic carbocycles. The second kappa shape index (κ2) is 6.33. The third kappa shape index (κ3) is 3.31. The fourth-order valence-corrected chi connectivity index (χ4v) is 2.89. The highest BCUT2D eigenvalue weighted by atomic mass is 32.2. The van der Waals surface area contributed by atoms with Gasteiger partial charge in [-0.3, -0.25) is 4.79 Å². The summed E-state index contributed by atoms with van der Waals surface area (Å²) in [6, 6.07) is 4.29. The van der Waals surface area contributed by atoms with E-state index in [-0.39, 0.29) is 11.7 Å². The Morgan fingerprint density at radius 3 is 3.00 bits per heavy atom. The van der Waals surface area contributed by atoms with Gasteiger partial charge in [0.05, 0.1) is 11.6 Å². The van der Waals surface area contributed by atoms with E-state index in [0.29, 0.717) is 21.9 Å². The second-order valence-corrected chi connectivity index (χ2v) is 6.32. The molecule has 3 aromatic rings. The smallest absolute Gasteiger partial charge is 0.237 e. The Kier molecular flexibility index (Phi) is 4.24. The fraction of sp³-hybridized carbons (Fsp3) is 0.200. The number of benzene rings is 1. The van der Waals surface area contributed by atoms with Crippen molar-refractivity contribution < 1.29 is 9.18 Å². The van der Waals surface area contributed by atoms with Gasteiger partial charge in [0, 0.05) is 5.69 Å². The number of aromatic nitrogens is 4. The molecule has 118 valence electrons. The van der Waals surface area contributed by atoms with Gasteiger partial charge in [-0.15, -0.1) is 0 Å². The number of carbonyl (C=O) groups excluding carboxylic acids is 1. The molecule has 3 rings (SSSR count). The highest BCUT2D eigenvalue weighted by Crippen LogP contribution is 2.27. The van der Waals surface area contributed by atoms with Gasteiger partial charge in [-0.25, -0.2) is 19.3 Å². The largest absolute Gasteiger partial charge is 0.341 e. The molecule has 1 unspecified atom stereocenters. The maximum absolute atomic E-state index is 13.3. The number of hydrogen-bond donors (Lipinski definition) is 2. The minimum Gasteiger partial charge on any atom is -0.341 e. The van der Waals surface area contributed by atoms with E-state index in [2.05, 4.69) is 25.3 Å². The molecule has 0 fully saturated rings. The molecule has 0 bridgehead atoms. The molecule has 2 heterocycles. The van der Waals surface area contributed by atoms with Gasteiger partial charge in [-0.1, -0.05) is 17.8 Å². The van der Waals surface area contributed by atoms with Crippen molar-refractivity contribution >= 4 is 34.5 Å². The quantitative estimate of drug-likeness (QED) is 0.567. The minimum absolute atomic E-state index is 0.227. The molecule has 2 aromatic heterocycles. The van der Waals surface area contributed by atoms with Gasteiger partial charge in [0.25, 0.3) is 0 Å². The number of rotatable bonds is 4. The zero-order valence-electron chi connectivity index (χ0n) is 12.5. The lowest BCUT2D eigenvalue weighted by Gasteiger charge is -2.13. The van der Waals surface area contributed by atoms with Crippen molar-refractivity contribution in [3.05, 3.63) is 42.2 Å². The van der Waals surface area contributed by atoms with E-state index in [4.69, 9.17) is 0 Å². The van der Waals surface area contributed by atoms with Gasteiger partial charge >= 0.3 is 0 Å². The molecule has 0 saturated heterocycles. The third-order valence-corrected chi connectivity index (χ3v) is 4.40. The molecule has 2 N–H and O–H groups in total. The summed E-state index contributed by atoms with van der Waals surface area (Å²) in [5, 5.41) is 2.97. The molecular formula is C15H14FN5OS. The average Bonchev–Trinajstić information content (AvgIpc) is 3.00. The van der Waals surface area contributed by atoms with Crippen LogP contribution in [0.5, 0.6) is 0 Å². The Labute approximate surface area is 135 Å². The van der Waals surface area contributed by atoms with Gasteiger partial charge in [0.2, 0.25) is 5.91 Å². The molecule has 0 spiro atoms. The monoisotopic (exact) mass is 331 g/mol. The summed E-state index contributed by atoms with van der Waals surface area (Å²) in [5.41, 5.74) is 2.52. The first-order chi connectivity index (χ1) is 11.0. The number of aryl methyl sites for hydroxylation is 1. The van der Waals surface area contributed by atoms with Crippen molar-refractivity contribution in [3.63, 3.8) is 0 Å². The van der Waals surface area contributed by atoms with Crippen LogP contribution < -0.4 is 5.32 Å². The number of carbonyl (C=O) groups is 1. The molecule has 23 heavy (non-hydrogen) atoms. The average molecular weight is 331 g/mol. The normalized spacial score (nSPS) is 12.3. The van der Waals surface area contributed by atoms with Gasteiger partial charge < -0.3 is 10.3 Å². The SMILES string of the molecule is Cc1ccc(F)cc1NC(=O)C(C)Sc1ncnc2nc[nH]c12. The molecule has 0 aliphatic heterocycles. The molecule has 0 aliphatic carbocycles. The Morgan fingerprint density at radius 2 is 2.17 bits per heavy atom. The number of fused-ring (bicyclic) bond motifs is 1. The highest BCUT2D eigenvalue weighted by molar-refractivity contribution is 8.00. The van der Waals surface area contributed by atoms with Crippen LogP contribution in [0.25, 0.3) is 11.2 Å². The van der Waals surface area contributed by atoms with E-state index in [0.717, 1.165) is 5.56 Å². The molecule has 0 saturated carbocycles. The summed E-state index contributed by atoms with van der Waals surface area (Å²) in [7, 11) is 0. The van der Waals surface area contributed by atoms with Crippen molar-refractivity contribution in [2.24, 2.45) is 0 Å². The summed E-state index contributed by atoms with van der Waals surface area (Å²) in [6.45, 7) is 3.57. The van der Waals surface area contributed by atoms with E-state index in [9.17, 15) is 9.18 Å². The maximum atomic E-state index is 13.3. The van der Waals surface area contributed by atoms with Gasteiger partial charge in [-0.2, -0.15) is 0 Å². The van der Waals surface area contributed by atoms with Crippen molar-refractivity contribution in [3.8, 4) is 0 Å². The topological polar surface area (TPSA) is 83.6 Å². The van der Waals surface area contributed by atoms with Gasteiger partial charge in [-0.05, 0) is 31.5 Å². The number of thioether (sulfide) groups is 1. The lowest BCUT2D eigenvalue weighted by Crippen LogP contribution is -2.23. The third-order valence-electron chi connectivity index (χ3n) is 3.30. The summed E-state index contributed by atoms with van der Waals surface area (Å²) in [5.74, 6) is -0.615. The van der Waals surface area contributed by atoms with E-state index >= 15 is 0 Å². The molecule has 1 amide bonds. The molecule has 6 nitrogen and oxygen atoms in total. The van der Waals surface area contributed by atoms with Crippen molar-refractivity contribution in [2.75, 3.05) is 5.32 Å². The number of nitrogens with one attached hydrogen (secondary N) is 2. The molecule has 8 heteroatoms. The van der Waals surface area contributed by atoms with Crippen LogP contribution in [-0.4, -0.2) is 31.1 Å². The first-order valence-electron chi connectivity index (χ1n) is 6.92. The summed E-state index contributed by atoms with van der Waals surface area (Å²) in [6.07, 6.45) is 2.94. The number of nitrogens with zero attached hydrogens (tertiary/aromatic N) is 3. The van der Waals surface area contributed by atoms with Crippen LogP contribution in [0.15, 0.2) is 35.9 Å². The Hall–Kier alpha value is -2.48. The van der Waals surface area contributed by atoms with Crippen LogP contribution in [0.1, 0.15) is 12.5 Å². The standard InChI is InChI=1S/C15H14FN5OS/c1-8-3-4-10(16)5-11(8)21-14(22)9(2)23-15-12-13(18-6-17-12)19-7-20-15/h3-7,9H,1-2H3,(H,21,22)(H,17,18,19,20). The number of H-pyrrole nitrogens is 1. The fourth-order valence-electron chi connectivity index (χ4n) is 2.02. The van der Waals surface area contributed by atoms with Gasteiger partial charge in [0.1, 0.15) is 22.7 Å². The maximum Gasteiger partial charge on any atom is 0.237 e. The van der Waals surface area contributed by atoms with E-state index in [1.165, 1.54) is 36.5 Å². The van der Waals surface area contributed by atoms with Crippen LogP contribution in [0.3, 0.4) is 0 Å². The number of hydrogen-bond acceptors (Lipinski definition) is 5. The van der Waals surface area contributed by atoms with Crippen LogP contribution in [0.4, 0.5) is 10.1 Å². The number of halogens is 1. The minimum atomic E-state index is -0.418. The predicted molar refractivity (Wildman–Crippen MR) is 86.8 cm³/mol. The summed E-state index contributed by atoms with van der Waals surface area (Å²) in [4.78, 5) is 27.6. The zero-order chi connectivity index (χ0) is 16.4. The Bertz CT molecular complexity index is 866. The number of imidazole rings is 1. The molecule has 0 aliphatic rings. The van der Waals surface area contributed by atoms with E-state index in [1.54, 1.807) is 13.0 Å².